The van der Waals surface area contributed by atoms with Crippen LogP contribution in [-0.2, 0) is 17.8 Å². The van der Waals surface area contributed by atoms with Crippen LogP contribution in [0.3, 0.4) is 0 Å². The molecule has 1 unspecified atom stereocenters. The first-order chi connectivity index (χ1) is 17.7. The number of imidazole rings is 1. The average molecular weight is 484 g/mol. The molecule has 0 spiro atoms. The lowest BCUT2D eigenvalue weighted by Gasteiger charge is -2.20. The molecule has 1 amide bonds. The molecule has 1 saturated heterocycles. The van der Waals surface area contributed by atoms with E-state index in [0.29, 0.717) is 19.6 Å². The van der Waals surface area contributed by atoms with E-state index >= 15 is 0 Å². The standard InChI is InChI=1S/C30H33N3O3/c1-3-22-10-4-6-12-27(22)33-21-23(20-29(33)34)30-31-26-11-5-7-13-28(26)32(30)18-8-9-19-36-25-16-14-24(35-2)15-17-25/h4-7,10-17,23H,3,8-9,18-21H2,1-2H3. The number of fused-ring (bicyclic) bond motifs is 1. The number of hydrogen-bond acceptors (Lipinski definition) is 4. The lowest BCUT2D eigenvalue weighted by molar-refractivity contribution is -0.117. The quantitative estimate of drug-likeness (QED) is 0.260. The molecule has 6 heteroatoms. The third-order valence-corrected chi connectivity index (χ3v) is 6.94. The second-order valence-electron chi connectivity index (χ2n) is 9.23. The van der Waals surface area contributed by atoms with Crippen LogP contribution in [0.15, 0.2) is 72.8 Å². The van der Waals surface area contributed by atoms with E-state index in [1.807, 2.05) is 47.4 Å². The van der Waals surface area contributed by atoms with Crippen LogP contribution < -0.4 is 14.4 Å². The number of unbranched alkanes of at least 4 members (excludes halogenated alkanes) is 1. The van der Waals surface area contributed by atoms with Gasteiger partial charge in [-0.1, -0.05) is 37.3 Å². The highest BCUT2D eigenvalue weighted by molar-refractivity contribution is 5.97. The summed E-state index contributed by atoms with van der Waals surface area (Å²) in [6.07, 6.45) is 3.29. The molecule has 2 heterocycles. The average Bonchev–Trinajstić information content (AvgIpc) is 3.49. The highest BCUT2D eigenvalue weighted by Gasteiger charge is 2.35. The third kappa shape index (κ3) is 4.94. The molecule has 1 aliphatic heterocycles. The molecule has 1 fully saturated rings. The number of carbonyl (C=O) groups excluding carboxylic acids is 1. The predicted octanol–water partition coefficient (Wildman–Crippen LogP) is 5.99. The Balaban J connectivity index is 1.28. The number of rotatable bonds is 10. The minimum atomic E-state index is 0.0744. The van der Waals surface area contributed by atoms with E-state index in [0.717, 1.165) is 59.9 Å². The van der Waals surface area contributed by atoms with Gasteiger partial charge in [0.25, 0.3) is 0 Å². The van der Waals surface area contributed by atoms with Crippen molar-refractivity contribution in [2.45, 2.75) is 45.1 Å². The summed E-state index contributed by atoms with van der Waals surface area (Å²) in [5, 5.41) is 0. The summed E-state index contributed by atoms with van der Waals surface area (Å²) in [6, 6.07) is 24.2. The number of ether oxygens (including phenoxy) is 2. The number of carbonyl (C=O) groups is 1. The van der Waals surface area contributed by atoms with Crippen molar-refractivity contribution < 1.29 is 14.3 Å². The second kappa shape index (κ2) is 10.9. The fourth-order valence-electron chi connectivity index (χ4n) is 5.06. The van der Waals surface area contributed by atoms with Crippen LogP contribution in [0.25, 0.3) is 11.0 Å². The molecule has 0 aliphatic carbocycles. The van der Waals surface area contributed by atoms with E-state index in [1.165, 1.54) is 5.56 Å². The number of para-hydroxylation sites is 3. The lowest BCUT2D eigenvalue weighted by atomic mass is 10.1. The largest absolute Gasteiger partial charge is 0.497 e. The van der Waals surface area contributed by atoms with Crippen molar-refractivity contribution in [1.82, 2.24) is 9.55 Å². The van der Waals surface area contributed by atoms with Crippen LogP contribution in [0.1, 0.15) is 43.5 Å². The van der Waals surface area contributed by atoms with Gasteiger partial charge < -0.3 is 18.9 Å². The number of anilines is 1. The van der Waals surface area contributed by atoms with Gasteiger partial charge in [-0.25, -0.2) is 4.98 Å². The first-order valence-corrected chi connectivity index (χ1v) is 12.8. The molecule has 0 saturated carbocycles. The van der Waals surface area contributed by atoms with Crippen LogP contribution in [0.5, 0.6) is 11.5 Å². The van der Waals surface area contributed by atoms with Gasteiger partial charge in [-0.15, -0.1) is 0 Å². The molecule has 1 aliphatic rings. The number of amides is 1. The topological polar surface area (TPSA) is 56.6 Å². The van der Waals surface area contributed by atoms with Gasteiger partial charge in [0.2, 0.25) is 5.91 Å². The van der Waals surface area contributed by atoms with Crippen LogP contribution in [0.4, 0.5) is 5.69 Å². The number of aromatic nitrogens is 2. The fraction of sp³-hybridized carbons (Fsp3) is 0.333. The van der Waals surface area contributed by atoms with Gasteiger partial charge >= 0.3 is 0 Å². The highest BCUT2D eigenvalue weighted by Crippen LogP contribution is 2.35. The van der Waals surface area contributed by atoms with Crippen molar-refractivity contribution in [1.29, 1.82) is 0 Å². The van der Waals surface area contributed by atoms with E-state index in [-0.39, 0.29) is 11.8 Å². The monoisotopic (exact) mass is 483 g/mol. The smallest absolute Gasteiger partial charge is 0.227 e. The Morgan fingerprint density at radius 2 is 1.69 bits per heavy atom. The minimum absolute atomic E-state index is 0.0744. The summed E-state index contributed by atoms with van der Waals surface area (Å²) in [7, 11) is 1.66. The van der Waals surface area contributed by atoms with Crippen molar-refractivity contribution in [3.05, 3.63) is 84.2 Å². The van der Waals surface area contributed by atoms with Crippen LogP contribution >= 0.6 is 0 Å². The summed E-state index contributed by atoms with van der Waals surface area (Å²) < 4.78 is 13.4. The summed E-state index contributed by atoms with van der Waals surface area (Å²) in [6.45, 7) is 4.30. The number of methoxy groups -OCH3 is 1. The Labute approximate surface area is 212 Å². The Morgan fingerprint density at radius 3 is 2.50 bits per heavy atom. The third-order valence-electron chi connectivity index (χ3n) is 6.94. The maximum atomic E-state index is 13.1. The molecule has 0 radical (unpaired) electrons. The Kier molecular flexibility index (Phi) is 7.21. The van der Waals surface area contributed by atoms with E-state index in [1.54, 1.807) is 7.11 Å². The SMILES string of the molecule is CCc1ccccc1N1CC(c2nc3ccccc3n2CCCCOc2ccc(OC)cc2)CC1=O. The minimum Gasteiger partial charge on any atom is -0.497 e. The van der Waals surface area contributed by atoms with Crippen LogP contribution in [0.2, 0.25) is 0 Å². The molecule has 1 atom stereocenters. The van der Waals surface area contributed by atoms with Gasteiger partial charge in [0.15, 0.2) is 0 Å². The molecule has 3 aromatic carbocycles. The zero-order valence-corrected chi connectivity index (χ0v) is 21.0. The van der Waals surface area contributed by atoms with E-state index < -0.39 is 0 Å². The Morgan fingerprint density at radius 1 is 0.944 bits per heavy atom. The normalized spacial score (nSPS) is 15.6. The van der Waals surface area contributed by atoms with Gasteiger partial charge in [0.1, 0.15) is 17.3 Å². The van der Waals surface area contributed by atoms with Gasteiger partial charge in [-0.3, -0.25) is 4.79 Å². The number of benzene rings is 3. The zero-order chi connectivity index (χ0) is 24.9. The predicted molar refractivity (Wildman–Crippen MR) is 143 cm³/mol. The number of hydrogen-bond donors (Lipinski definition) is 0. The molecule has 6 nitrogen and oxygen atoms in total. The Hall–Kier alpha value is -3.80. The van der Waals surface area contributed by atoms with Crippen molar-refractivity contribution >= 4 is 22.6 Å². The van der Waals surface area contributed by atoms with Gasteiger partial charge in [0, 0.05) is 31.1 Å². The van der Waals surface area contributed by atoms with Crippen molar-refractivity contribution in [3.63, 3.8) is 0 Å². The van der Waals surface area contributed by atoms with Crippen molar-refractivity contribution in [2.75, 3.05) is 25.2 Å². The number of nitrogens with zero attached hydrogens (tertiary/aromatic N) is 3. The lowest BCUT2D eigenvalue weighted by Crippen LogP contribution is -2.25. The fourth-order valence-corrected chi connectivity index (χ4v) is 5.06. The summed E-state index contributed by atoms with van der Waals surface area (Å²) in [4.78, 5) is 20.0. The maximum absolute atomic E-state index is 13.1. The van der Waals surface area contributed by atoms with Crippen LogP contribution in [0, 0.1) is 0 Å². The molecule has 186 valence electrons. The Bertz CT molecular complexity index is 1330. The summed E-state index contributed by atoms with van der Waals surface area (Å²) in [5.74, 6) is 2.93. The zero-order valence-electron chi connectivity index (χ0n) is 21.0. The molecule has 36 heavy (non-hydrogen) atoms. The van der Waals surface area contributed by atoms with Gasteiger partial charge in [-0.05, 0) is 67.3 Å². The second-order valence-corrected chi connectivity index (χ2v) is 9.23. The molecular weight excluding hydrogens is 450 g/mol. The molecule has 1 aromatic heterocycles. The molecule has 0 N–H and O–H groups in total. The first kappa shape index (κ1) is 23.9. The van der Waals surface area contributed by atoms with Gasteiger partial charge in [-0.2, -0.15) is 0 Å². The van der Waals surface area contributed by atoms with E-state index in [9.17, 15) is 4.79 Å². The summed E-state index contributed by atoms with van der Waals surface area (Å²) in [5.41, 5.74) is 4.35. The molecular formula is C30H33N3O3. The maximum Gasteiger partial charge on any atom is 0.227 e. The van der Waals surface area contributed by atoms with E-state index in [4.69, 9.17) is 14.5 Å². The molecule has 0 bridgehead atoms. The first-order valence-electron chi connectivity index (χ1n) is 12.8. The molecule has 5 rings (SSSR count). The summed E-state index contributed by atoms with van der Waals surface area (Å²) >= 11 is 0. The number of aryl methyl sites for hydroxylation is 2. The van der Waals surface area contributed by atoms with Crippen LogP contribution in [-0.4, -0.2) is 35.7 Å². The van der Waals surface area contributed by atoms with Crippen molar-refractivity contribution in [3.8, 4) is 11.5 Å². The highest BCUT2D eigenvalue weighted by atomic mass is 16.5. The van der Waals surface area contributed by atoms with Crippen molar-refractivity contribution in [2.24, 2.45) is 0 Å². The molecule has 4 aromatic rings. The van der Waals surface area contributed by atoms with Gasteiger partial charge in [0.05, 0.1) is 24.8 Å². The van der Waals surface area contributed by atoms with E-state index in [2.05, 4.69) is 41.8 Å².